The van der Waals surface area contributed by atoms with E-state index in [1.165, 1.54) is 11.8 Å². The Hall–Kier alpha value is -2.56. The fourth-order valence-corrected chi connectivity index (χ4v) is 1.77. The highest BCUT2D eigenvalue weighted by Gasteiger charge is 2.11. The van der Waals surface area contributed by atoms with Crippen LogP contribution in [-0.4, -0.2) is 30.2 Å². The molecule has 0 bridgehead atoms. The van der Waals surface area contributed by atoms with Crippen molar-refractivity contribution >= 4 is 11.7 Å². The van der Waals surface area contributed by atoms with Gasteiger partial charge in [0.2, 0.25) is 0 Å². The second-order valence-corrected chi connectivity index (χ2v) is 4.70. The molecular weight excluding hydrogens is 270 g/mol. The van der Waals surface area contributed by atoms with Gasteiger partial charge in [-0.1, -0.05) is 0 Å². The first-order valence-electron chi connectivity index (χ1n) is 6.56. The number of likely N-dealkylation sites (N-methyl/N-ethyl adjacent to an activating group) is 1. The summed E-state index contributed by atoms with van der Waals surface area (Å²) in [5.41, 5.74) is 0.614. The molecule has 5 nitrogen and oxygen atoms in total. The molecule has 0 aliphatic carbocycles. The van der Waals surface area contributed by atoms with Crippen molar-refractivity contribution in [2.75, 3.05) is 13.7 Å². The summed E-state index contributed by atoms with van der Waals surface area (Å²) in [4.78, 5) is 24.6. The zero-order chi connectivity index (χ0) is 15.2. The number of hydrogen-bond donors (Lipinski definition) is 0. The van der Waals surface area contributed by atoms with Crippen LogP contribution in [0.3, 0.4) is 0 Å². The van der Waals surface area contributed by atoms with E-state index in [0.717, 1.165) is 5.76 Å². The molecule has 110 valence electrons. The number of ketones is 1. The van der Waals surface area contributed by atoms with Crippen molar-refractivity contribution in [3.8, 4) is 5.75 Å². The third kappa shape index (κ3) is 4.21. The van der Waals surface area contributed by atoms with E-state index in [1.54, 1.807) is 43.6 Å². The highest BCUT2D eigenvalue weighted by Crippen LogP contribution is 2.13. The summed E-state index contributed by atoms with van der Waals surface area (Å²) in [6.07, 6.45) is 1.57. The lowest BCUT2D eigenvalue weighted by atomic mass is 10.1. The van der Waals surface area contributed by atoms with Crippen LogP contribution in [0.25, 0.3) is 0 Å². The second kappa shape index (κ2) is 6.74. The van der Waals surface area contributed by atoms with Gasteiger partial charge in [-0.2, -0.15) is 0 Å². The fraction of sp³-hybridized carbons (Fsp3) is 0.250. The van der Waals surface area contributed by atoms with Crippen molar-refractivity contribution in [1.82, 2.24) is 4.90 Å². The van der Waals surface area contributed by atoms with Crippen molar-refractivity contribution < 1.29 is 18.7 Å². The van der Waals surface area contributed by atoms with Crippen LogP contribution >= 0.6 is 0 Å². The van der Waals surface area contributed by atoms with E-state index in [1.807, 2.05) is 6.07 Å². The van der Waals surface area contributed by atoms with Crippen molar-refractivity contribution in [3.63, 3.8) is 0 Å². The summed E-state index contributed by atoms with van der Waals surface area (Å²) in [6.45, 7) is 1.85. The lowest BCUT2D eigenvalue weighted by Crippen LogP contribution is -2.30. The van der Waals surface area contributed by atoms with Gasteiger partial charge in [0.15, 0.2) is 12.4 Å². The highest BCUT2D eigenvalue weighted by atomic mass is 16.5. The zero-order valence-electron chi connectivity index (χ0n) is 12.0. The smallest absolute Gasteiger partial charge is 0.260 e. The normalized spacial score (nSPS) is 10.2. The maximum absolute atomic E-state index is 11.9. The average Bonchev–Trinajstić information content (AvgIpc) is 2.98. The first-order valence-corrected chi connectivity index (χ1v) is 6.56. The van der Waals surface area contributed by atoms with Crippen molar-refractivity contribution in [2.24, 2.45) is 0 Å². The molecule has 0 aliphatic rings. The lowest BCUT2D eigenvalue weighted by Gasteiger charge is -2.16. The second-order valence-electron chi connectivity index (χ2n) is 4.70. The molecule has 0 spiro atoms. The van der Waals surface area contributed by atoms with Crippen molar-refractivity contribution in [1.29, 1.82) is 0 Å². The predicted octanol–water partition coefficient (Wildman–Crippen LogP) is 2.52. The van der Waals surface area contributed by atoms with Crippen LogP contribution in [0.1, 0.15) is 23.0 Å². The molecule has 0 aliphatic heterocycles. The van der Waals surface area contributed by atoms with Crippen LogP contribution in [0.15, 0.2) is 47.1 Å². The largest absolute Gasteiger partial charge is 0.484 e. The van der Waals surface area contributed by atoms with E-state index < -0.39 is 0 Å². The molecule has 1 aromatic heterocycles. The molecule has 0 atom stereocenters. The topological polar surface area (TPSA) is 59.8 Å². The van der Waals surface area contributed by atoms with E-state index in [-0.39, 0.29) is 18.3 Å². The van der Waals surface area contributed by atoms with Gasteiger partial charge in [0.25, 0.3) is 5.91 Å². The fourth-order valence-electron chi connectivity index (χ4n) is 1.77. The van der Waals surface area contributed by atoms with Crippen LogP contribution in [0, 0.1) is 0 Å². The Morgan fingerprint density at radius 1 is 1.19 bits per heavy atom. The maximum atomic E-state index is 11.9. The molecule has 1 amide bonds. The third-order valence-electron chi connectivity index (χ3n) is 3.02. The standard InChI is InChI=1S/C16H17NO4/c1-12(18)13-5-7-14(8-6-13)21-11-16(19)17(2)10-15-4-3-9-20-15/h3-9H,10-11H2,1-2H3. The Morgan fingerprint density at radius 3 is 2.48 bits per heavy atom. The van der Waals surface area contributed by atoms with Gasteiger partial charge in [0.05, 0.1) is 12.8 Å². The summed E-state index contributed by atoms with van der Waals surface area (Å²) >= 11 is 0. The highest BCUT2D eigenvalue weighted by molar-refractivity contribution is 5.94. The third-order valence-corrected chi connectivity index (χ3v) is 3.02. The quantitative estimate of drug-likeness (QED) is 0.766. The average molecular weight is 287 g/mol. The van der Waals surface area contributed by atoms with E-state index >= 15 is 0 Å². The Labute approximate surface area is 123 Å². The monoisotopic (exact) mass is 287 g/mol. The number of Topliss-reactive ketones (excluding diaryl/α,β-unsaturated/α-hetero) is 1. The van der Waals surface area contributed by atoms with E-state index in [0.29, 0.717) is 17.9 Å². The van der Waals surface area contributed by atoms with Crippen LogP contribution in [-0.2, 0) is 11.3 Å². The Balaban J connectivity index is 1.84. The van der Waals surface area contributed by atoms with Gasteiger partial charge in [0, 0.05) is 12.6 Å². The predicted molar refractivity (Wildman–Crippen MR) is 77.1 cm³/mol. The molecule has 0 saturated carbocycles. The van der Waals surface area contributed by atoms with Gasteiger partial charge in [0.1, 0.15) is 11.5 Å². The van der Waals surface area contributed by atoms with Gasteiger partial charge in [-0.25, -0.2) is 0 Å². The van der Waals surface area contributed by atoms with Gasteiger partial charge < -0.3 is 14.1 Å². The van der Waals surface area contributed by atoms with E-state index in [9.17, 15) is 9.59 Å². The lowest BCUT2D eigenvalue weighted by molar-refractivity contribution is -0.132. The first-order chi connectivity index (χ1) is 10.1. The number of benzene rings is 1. The van der Waals surface area contributed by atoms with E-state index in [4.69, 9.17) is 9.15 Å². The van der Waals surface area contributed by atoms with Crippen molar-refractivity contribution in [2.45, 2.75) is 13.5 Å². The summed E-state index contributed by atoms with van der Waals surface area (Å²) in [7, 11) is 1.69. The minimum atomic E-state index is -0.151. The Bertz CT molecular complexity index is 602. The van der Waals surface area contributed by atoms with Crippen LogP contribution in [0.5, 0.6) is 5.75 Å². The van der Waals surface area contributed by atoms with Gasteiger partial charge >= 0.3 is 0 Å². The summed E-state index contributed by atoms with van der Waals surface area (Å²) < 4.78 is 10.6. The van der Waals surface area contributed by atoms with Crippen molar-refractivity contribution in [3.05, 3.63) is 54.0 Å². The SMILES string of the molecule is CC(=O)c1ccc(OCC(=O)N(C)Cc2ccco2)cc1. The van der Waals surface area contributed by atoms with Crippen LogP contribution in [0.2, 0.25) is 0 Å². The number of furan rings is 1. The number of ether oxygens (including phenoxy) is 1. The van der Waals surface area contributed by atoms with Crippen LogP contribution in [0.4, 0.5) is 0 Å². The number of hydrogen-bond acceptors (Lipinski definition) is 4. The van der Waals surface area contributed by atoms with E-state index in [2.05, 4.69) is 0 Å². The molecule has 0 radical (unpaired) electrons. The molecule has 0 unspecified atom stereocenters. The minimum absolute atomic E-state index is 0.00388. The number of amides is 1. The molecule has 21 heavy (non-hydrogen) atoms. The van der Waals surface area contributed by atoms with Crippen LogP contribution < -0.4 is 4.74 Å². The zero-order valence-corrected chi connectivity index (χ0v) is 12.0. The number of carbonyl (C=O) groups excluding carboxylic acids is 2. The van der Waals surface area contributed by atoms with Gasteiger partial charge in [-0.05, 0) is 43.3 Å². The number of rotatable bonds is 6. The maximum Gasteiger partial charge on any atom is 0.260 e. The first kappa shape index (κ1) is 14.8. The Morgan fingerprint density at radius 2 is 1.90 bits per heavy atom. The Kier molecular flexibility index (Phi) is 4.77. The minimum Gasteiger partial charge on any atom is -0.484 e. The van der Waals surface area contributed by atoms with Gasteiger partial charge in [-0.3, -0.25) is 9.59 Å². The number of nitrogens with zero attached hydrogens (tertiary/aromatic N) is 1. The summed E-state index contributed by atoms with van der Waals surface area (Å²) in [5.74, 6) is 1.12. The molecule has 0 N–H and O–H groups in total. The number of carbonyl (C=O) groups is 2. The summed E-state index contributed by atoms with van der Waals surface area (Å²) in [5, 5.41) is 0. The molecule has 2 aromatic rings. The molecule has 0 saturated heterocycles. The molecule has 5 heteroatoms. The molecule has 2 rings (SSSR count). The van der Waals surface area contributed by atoms with Gasteiger partial charge in [-0.15, -0.1) is 0 Å². The molecule has 1 aromatic carbocycles. The molecule has 0 fully saturated rings. The summed E-state index contributed by atoms with van der Waals surface area (Å²) in [6, 6.07) is 10.3. The molecular formula is C16H17NO4. The molecule has 1 heterocycles.